The maximum absolute atomic E-state index is 11.8. The molecule has 0 aliphatic carbocycles. The lowest BCUT2D eigenvalue weighted by Gasteiger charge is -2.20. The van der Waals surface area contributed by atoms with Gasteiger partial charge >= 0.3 is 6.03 Å². The monoisotopic (exact) mass is 322 g/mol. The lowest BCUT2D eigenvalue weighted by molar-refractivity contribution is 0.0860. The molecule has 1 aromatic carbocycles. The SMILES string of the molecule is C[C@H](NC(=O)NCCOc1ccc2c(c1)OCO2)[C@@H]1CCCO1. The Bertz CT molecular complexity index is 545. The Morgan fingerprint density at radius 3 is 3.09 bits per heavy atom. The van der Waals surface area contributed by atoms with E-state index in [-0.39, 0.29) is 25.0 Å². The van der Waals surface area contributed by atoms with Crippen LogP contribution in [0.15, 0.2) is 18.2 Å². The molecule has 0 radical (unpaired) electrons. The third-order valence-electron chi connectivity index (χ3n) is 3.88. The third kappa shape index (κ3) is 4.19. The van der Waals surface area contributed by atoms with E-state index in [1.807, 2.05) is 13.0 Å². The smallest absolute Gasteiger partial charge is 0.315 e. The zero-order chi connectivity index (χ0) is 16.1. The molecule has 0 spiro atoms. The van der Waals surface area contributed by atoms with Crippen molar-refractivity contribution in [1.82, 2.24) is 10.6 Å². The van der Waals surface area contributed by atoms with Crippen LogP contribution >= 0.6 is 0 Å². The molecule has 2 aliphatic rings. The molecule has 0 unspecified atom stereocenters. The predicted molar refractivity (Wildman–Crippen MR) is 83.0 cm³/mol. The van der Waals surface area contributed by atoms with Gasteiger partial charge in [0.2, 0.25) is 6.79 Å². The van der Waals surface area contributed by atoms with Gasteiger partial charge in [-0.05, 0) is 31.9 Å². The molecule has 2 heterocycles. The Hall–Kier alpha value is -2.15. The van der Waals surface area contributed by atoms with Gasteiger partial charge < -0.3 is 29.6 Å². The van der Waals surface area contributed by atoms with Gasteiger partial charge in [-0.3, -0.25) is 0 Å². The van der Waals surface area contributed by atoms with Crippen molar-refractivity contribution in [1.29, 1.82) is 0 Å². The average Bonchev–Trinajstić information content (AvgIpc) is 3.22. The van der Waals surface area contributed by atoms with Crippen molar-refractivity contribution in [2.45, 2.75) is 31.9 Å². The van der Waals surface area contributed by atoms with Crippen molar-refractivity contribution >= 4 is 6.03 Å². The number of hydrogen-bond acceptors (Lipinski definition) is 5. The second kappa shape index (κ2) is 7.41. The standard InChI is InChI=1S/C16H22N2O5/c1-11(13-3-2-7-21-13)18-16(19)17-6-8-20-12-4-5-14-15(9-12)23-10-22-14/h4-5,9,11,13H,2-3,6-8,10H2,1H3,(H2,17,18,19)/t11-,13-/m0/s1. The van der Waals surface area contributed by atoms with Crippen LogP contribution in [0.1, 0.15) is 19.8 Å². The van der Waals surface area contributed by atoms with Crippen LogP contribution in [0.5, 0.6) is 17.2 Å². The molecule has 2 aliphatic heterocycles. The number of rotatable bonds is 6. The number of fused-ring (bicyclic) bond motifs is 1. The van der Waals surface area contributed by atoms with Crippen molar-refractivity contribution in [3.8, 4) is 17.2 Å². The molecular weight excluding hydrogens is 300 g/mol. The van der Waals surface area contributed by atoms with Gasteiger partial charge in [-0.1, -0.05) is 0 Å². The molecule has 7 heteroatoms. The first-order valence-electron chi connectivity index (χ1n) is 7.91. The molecular formula is C16H22N2O5. The molecule has 1 fully saturated rings. The first-order chi connectivity index (χ1) is 11.2. The van der Waals surface area contributed by atoms with E-state index in [4.69, 9.17) is 18.9 Å². The molecule has 0 saturated carbocycles. The van der Waals surface area contributed by atoms with Crippen LogP contribution in [0.25, 0.3) is 0 Å². The largest absolute Gasteiger partial charge is 0.492 e. The molecule has 2 amide bonds. The summed E-state index contributed by atoms with van der Waals surface area (Å²) in [5.41, 5.74) is 0. The Morgan fingerprint density at radius 1 is 1.39 bits per heavy atom. The van der Waals surface area contributed by atoms with Crippen LogP contribution < -0.4 is 24.8 Å². The molecule has 1 saturated heterocycles. The van der Waals surface area contributed by atoms with Gasteiger partial charge in [-0.2, -0.15) is 0 Å². The van der Waals surface area contributed by atoms with Crippen molar-refractivity contribution in [3.63, 3.8) is 0 Å². The summed E-state index contributed by atoms with van der Waals surface area (Å²) in [5, 5.41) is 5.66. The van der Waals surface area contributed by atoms with Crippen LogP contribution in [-0.4, -0.2) is 44.7 Å². The van der Waals surface area contributed by atoms with Gasteiger partial charge in [0.15, 0.2) is 11.5 Å². The summed E-state index contributed by atoms with van der Waals surface area (Å²) in [7, 11) is 0. The fraction of sp³-hybridized carbons (Fsp3) is 0.562. The molecule has 7 nitrogen and oxygen atoms in total. The molecule has 0 bridgehead atoms. The lowest BCUT2D eigenvalue weighted by atomic mass is 10.1. The quantitative estimate of drug-likeness (QED) is 0.779. The Balaban J connectivity index is 1.34. The van der Waals surface area contributed by atoms with Gasteiger partial charge in [0.05, 0.1) is 18.7 Å². The maximum atomic E-state index is 11.8. The summed E-state index contributed by atoms with van der Waals surface area (Å²) < 4.78 is 21.6. The summed E-state index contributed by atoms with van der Waals surface area (Å²) in [4.78, 5) is 11.8. The number of amides is 2. The Morgan fingerprint density at radius 2 is 2.26 bits per heavy atom. The minimum atomic E-state index is -0.206. The van der Waals surface area contributed by atoms with Gasteiger partial charge in [-0.15, -0.1) is 0 Å². The highest BCUT2D eigenvalue weighted by Crippen LogP contribution is 2.34. The van der Waals surface area contributed by atoms with Crippen molar-refractivity contribution in [2.24, 2.45) is 0 Å². The topological polar surface area (TPSA) is 78.1 Å². The van der Waals surface area contributed by atoms with Crippen LogP contribution in [0, 0.1) is 0 Å². The molecule has 2 atom stereocenters. The number of carbonyl (C=O) groups excluding carboxylic acids is 1. The Kier molecular flexibility index (Phi) is 5.07. The highest BCUT2D eigenvalue weighted by atomic mass is 16.7. The van der Waals surface area contributed by atoms with E-state index >= 15 is 0 Å². The molecule has 0 aromatic heterocycles. The van der Waals surface area contributed by atoms with Crippen molar-refractivity contribution in [3.05, 3.63) is 18.2 Å². The second-order valence-electron chi connectivity index (χ2n) is 5.60. The molecule has 1 aromatic rings. The molecule has 2 N–H and O–H groups in total. The molecule has 126 valence electrons. The number of ether oxygens (including phenoxy) is 4. The number of carbonyl (C=O) groups is 1. The van der Waals surface area contributed by atoms with E-state index in [0.717, 1.165) is 25.2 Å². The Labute approximate surface area is 135 Å². The van der Waals surface area contributed by atoms with Crippen LogP contribution in [-0.2, 0) is 4.74 Å². The second-order valence-corrected chi connectivity index (χ2v) is 5.60. The van der Waals surface area contributed by atoms with Crippen molar-refractivity contribution in [2.75, 3.05) is 26.6 Å². The summed E-state index contributed by atoms with van der Waals surface area (Å²) in [6.45, 7) is 3.77. The predicted octanol–water partition coefficient (Wildman–Crippen LogP) is 1.66. The van der Waals surface area contributed by atoms with Gasteiger partial charge in [-0.25, -0.2) is 4.79 Å². The third-order valence-corrected chi connectivity index (χ3v) is 3.88. The van der Waals surface area contributed by atoms with Crippen LogP contribution in [0.3, 0.4) is 0 Å². The highest BCUT2D eigenvalue weighted by Gasteiger charge is 2.23. The van der Waals surface area contributed by atoms with Gasteiger partial charge in [0, 0.05) is 12.7 Å². The number of benzene rings is 1. The van der Waals surface area contributed by atoms with Gasteiger partial charge in [0.1, 0.15) is 12.4 Å². The first kappa shape index (κ1) is 15.7. The molecule has 23 heavy (non-hydrogen) atoms. The minimum absolute atomic E-state index is 0.00674. The first-order valence-corrected chi connectivity index (χ1v) is 7.91. The van der Waals surface area contributed by atoms with E-state index < -0.39 is 0 Å². The lowest BCUT2D eigenvalue weighted by Crippen LogP contribution is -2.46. The van der Waals surface area contributed by atoms with E-state index in [2.05, 4.69) is 10.6 Å². The minimum Gasteiger partial charge on any atom is -0.492 e. The van der Waals surface area contributed by atoms with E-state index in [0.29, 0.717) is 24.7 Å². The summed E-state index contributed by atoms with van der Waals surface area (Å²) in [6.07, 6.45) is 2.17. The number of urea groups is 1. The average molecular weight is 322 g/mol. The van der Waals surface area contributed by atoms with E-state index in [1.54, 1.807) is 12.1 Å². The summed E-state index contributed by atoms with van der Waals surface area (Å²) in [6, 6.07) is 5.20. The van der Waals surface area contributed by atoms with Gasteiger partial charge in [0.25, 0.3) is 0 Å². The highest BCUT2D eigenvalue weighted by molar-refractivity contribution is 5.74. The fourth-order valence-corrected chi connectivity index (χ4v) is 2.65. The maximum Gasteiger partial charge on any atom is 0.315 e. The normalized spacial score (nSPS) is 20.1. The van der Waals surface area contributed by atoms with Crippen LogP contribution in [0.4, 0.5) is 4.79 Å². The van der Waals surface area contributed by atoms with Crippen LogP contribution in [0.2, 0.25) is 0 Å². The zero-order valence-corrected chi connectivity index (χ0v) is 13.2. The zero-order valence-electron chi connectivity index (χ0n) is 13.2. The number of nitrogens with one attached hydrogen (secondary N) is 2. The van der Waals surface area contributed by atoms with E-state index in [1.165, 1.54) is 0 Å². The fourth-order valence-electron chi connectivity index (χ4n) is 2.65. The number of hydrogen-bond donors (Lipinski definition) is 2. The molecule has 3 rings (SSSR count). The van der Waals surface area contributed by atoms with E-state index in [9.17, 15) is 4.79 Å². The van der Waals surface area contributed by atoms with Crippen molar-refractivity contribution < 1.29 is 23.7 Å². The summed E-state index contributed by atoms with van der Waals surface area (Å²) >= 11 is 0. The summed E-state index contributed by atoms with van der Waals surface area (Å²) in [5.74, 6) is 2.08.